The molecule has 0 aliphatic carbocycles. The molecule has 0 fully saturated rings. The number of imidazole rings is 1. The van der Waals surface area contributed by atoms with Crippen molar-refractivity contribution in [3.05, 3.63) is 66.7 Å². The zero-order chi connectivity index (χ0) is 18.5. The second-order valence-electron chi connectivity index (χ2n) is 5.44. The third-order valence-corrected chi connectivity index (χ3v) is 3.70. The van der Waals surface area contributed by atoms with E-state index in [9.17, 15) is 10.0 Å². The van der Waals surface area contributed by atoms with Gasteiger partial charge in [0.15, 0.2) is 0 Å². The van der Waals surface area contributed by atoms with Gasteiger partial charge in [0.25, 0.3) is 0 Å². The van der Waals surface area contributed by atoms with Gasteiger partial charge in [0.05, 0.1) is 20.0 Å². The molecule has 3 N–H and O–H groups in total. The van der Waals surface area contributed by atoms with Gasteiger partial charge in [-0.1, -0.05) is 0 Å². The molecule has 0 aliphatic heterocycles. The quantitative estimate of drug-likeness (QED) is 0.523. The minimum atomic E-state index is -0.950. The molecule has 2 aromatic carbocycles. The SMILES string of the molecule is COc1ccc(Oc2ccc(-n3ccnc3)cc2)cc1CN(O)C(N)=O. The number of carbonyl (C=O) groups excluding carboxylic acids is 1. The average molecular weight is 354 g/mol. The van der Waals surface area contributed by atoms with Gasteiger partial charge in [0.2, 0.25) is 0 Å². The second-order valence-corrected chi connectivity index (χ2v) is 5.44. The molecule has 8 heteroatoms. The van der Waals surface area contributed by atoms with Crippen molar-refractivity contribution in [2.24, 2.45) is 5.73 Å². The van der Waals surface area contributed by atoms with Gasteiger partial charge in [0.1, 0.15) is 17.2 Å². The number of nitrogens with zero attached hydrogens (tertiary/aromatic N) is 3. The van der Waals surface area contributed by atoms with Crippen LogP contribution in [0.5, 0.6) is 17.2 Å². The van der Waals surface area contributed by atoms with E-state index in [0.717, 1.165) is 5.69 Å². The number of rotatable bonds is 6. The largest absolute Gasteiger partial charge is 0.496 e. The predicted molar refractivity (Wildman–Crippen MR) is 93.5 cm³/mol. The van der Waals surface area contributed by atoms with Gasteiger partial charge >= 0.3 is 6.03 Å². The first kappa shape index (κ1) is 17.3. The molecule has 0 spiro atoms. The van der Waals surface area contributed by atoms with Crippen molar-refractivity contribution >= 4 is 6.03 Å². The normalized spacial score (nSPS) is 10.4. The molecule has 0 unspecified atom stereocenters. The van der Waals surface area contributed by atoms with Crippen LogP contribution in [0.25, 0.3) is 5.69 Å². The van der Waals surface area contributed by atoms with Crippen molar-refractivity contribution in [2.75, 3.05) is 7.11 Å². The summed E-state index contributed by atoms with van der Waals surface area (Å²) in [6, 6.07) is 11.6. The summed E-state index contributed by atoms with van der Waals surface area (Å²) in [6.45, 7) is -0.116. The van der Waals surface area contributed by atoms with Crippen LogP contribution in [0.2, 0.25) is 0 Å². The maximum atomic E-state index is 11.0. The van der Waals surface area contributed by atoms with E-state index in [0.29, 0.717) is 27.9 Å². The zero-order valence-electron chi connectivity index (χ0n) is 14.1. The van der Waals surface area contributed by atoms with E-state index in [1.165, 1.54) is 7.11 Å². The minimum absolute atomic E-state index is 0.116. The number of hydrogen-bond donors (Lipinski definition) is 2. The summed E-state index contributed by atoms with van der Waals surface area (Å²) in [5, 5.41) is 9.96. The number of hydroxylamine groups is 2. The highest BCUT2D eigenvalue weighted by Crippen LogP contribution is 2.29. The van der Waals surface area contributed by atoms with E-state index in [2.05, 4.69) is 4.98 Å². The summed E-state index contributed by atoms with van der Waals surface area (Å²) < 4.78 is 13.0. The Morgan fingerprint density at radius 3 is 2.58 bits per heavy atom. The van der Waals surface area contributed by atoms with Crippen molar-refractivity contribution in [3.63, 3.8) is 0 Å². The molecule has 3 rings (SSSR count). The monoisotopic (exact) mass is 354 g/mol. The lowest BCUT2D eigenvalue weighted by atomic mass is 10.2. The second kappa shape index (κ2) is 7.58. The maximum Gasteiger partial charge on any atom is 0.338 e. The van der Waals surface area contributed by atoms with E-state index in [-0.39, 0.29) is 6.54 Å². The molecule has 0 bridgehead atoms. The van der Waals surface area contributed by atoms with Gasteiger partial charge in [-0.25, -0.2) is 14.8 Å². The minimum Gasteiger partial charge on any atom is -0.496 e. The van der Waals surface area contributed by atoms with Gasteiger partial charge in [0, 0.05) is 23.6 Å². The summed E-state index contributed by atoms with van der Waals surface area (Å²) in [7, 11) is 1.50. The van der Waals surface area contributed by atoms with Gasteiger partial charge in [-0.05, 0) is 42.5 Å². The Kier molecular flexibility index (Phi) is 5.04. The van der Waals surface area contributed by atoms with E-state index >= 15 is 0 Å². The molecular formula is C18H18N4O4. The van der Waals surface area contributed by atoms with Crippen LogP contribution in [-0.2, 0) is 6.54 Å². The first-order valence-corrected chi connectivity index (χ1v) is 7.76. The van der Waals surface area contributed by atoms with Gasteiger partial charge in [-0.2, -0.15) is 0 Å². The van der Waals surface area contributed by atoms with Crippen molar-refractivity contribution in [1.29, 1.82) is 0 Å². The summed E-state index contributed by atoms with van der Waals surface area (Å²) in [4.78, 5) is 15.0. The smallest absolute Gasteiger partial charge is 0.338 e. The van der Waals surface area contributed by atoms with Crippen molar-refractivity contribution in [2.45, 2.75) is 6.54 Å². The number of benzene rings is 2. The third kappa shape index (κ3) is 3.93. The first-order valence-electron chi connectivity index (χ1n) is 7.76. The summed E-state index contributed by atoms with van der Waals surface area (Å²) in [6.07, 6.45) is 5.27. The van der Waals surface area contributed by atoms with Crippen LogP contribution >= 0.6 is 0 Å². The first-order chi connectivity index (χ1) is 12.6. The Morgan fingerprint density at radius 2 is 1.96 bits per heavy atom. The summed E-state index contributed by atoms with van der Waals surface area (Å²) >= 11 is 0. The van der Waals surface area contributed by atoms with E-state index in [1.807, 2.05) is 35.0 Å². The average Bonchev–Trinajstić information content (AvgIpc) is 3.17. The van der Waals surface area contributed by atoms with Crippen molar-refractivity contribution in [1.82, 2.24) is 14.6 Å². The van der Waals surface area contributed by atoms with Crippen LogP contribution in [0.1, 0.15) is 5.56 Å². The zero-order valence-corrected chi connectivity index (χ0v) is 14.1. The fraction of sp³-hybridized carbons (Fsp3) is 0.111. The molecule has 3 aromatic rings. The molecule has 0 aliphatic rings. The van der Waals surface area contributed by atoms with Gasteiger partial charge < -0.3 is 19.8 Å². The number of aromatic nitrogens is 2. The standard InChI is InChI=1S/C18H18N4O4/c1-25-17-7-6-16(10-13(17)11-22(24)18(19)23)26-15-4-2-14(3-5-15)21-9-8-20-12-21/h2-10,12,24H,11H2,1H3,(H2,19,23). The molecular weight excluding hydrogens is 336 g/mol. The van der Waals surface area contributed by atoms with Crippen LogP contribution in [0, 0.1) is 0 Å². The number of urea groups is 1. The Morgan fingerprint density at radius 1 is 1.23 bits per heavy atom. The van der Waals surface area contributed by atoms with Crippen molar-refractivity contribution < 1.29 is 19.5 Å². The Bertz CT molecular complexity index is 879. The lowest BCUT2D eigenvalue weighted by Crippen LogP contribution is -2.32. The van der Waals surface area contributed by atoms with Crippen LogP contribution < -0.4 is 15.2 Å². The van der Waals surface area contributed by atoms with E-state index in [1.54, 1.807) is 30.7 Å². The molecule has 2 amide bonds. The molecule has 0 atom stereocenters. The molecule has 0 saturated heterocycles. The molecule has 0 radical (unpaired) electrons. The fourth-order valence-electron chi connectivity index (χ4n) is 2.42. The van der Waals surface area contributed by atoms with Gasteiger partial charge in [-0.15, -0.1) is 0 Å². The summed E-state index contributed by atoms with van der Waals surface area (Å²) in [5.74, 6) is 1.68. The molecule has 134 valence electrons. The van der Waals surface area contributed by atoms with Crippen LogP contribution in [-0.4, -0.2) is 33.0 Å². The third-order valence-electron chi connectivity index (χ3n) is 3.70. The maximum absolute atomic E-state index is 11.0. The lowest BCUT2D eigenvalue weighted by molar-refractivity contribution is -0.0474. The van der Waals surface area contributed by atoms with Crippen LogP contribution in [0.3, 0.4) is 0 Å². The van der Waals surface area contributed by atoms with Crippen LogP contribution in [0.4, 0.5) is 4.79 Å². The number of hydrogen-bond acceptors (Lipinski definition) is 5. The molecule has 26 heavy (non-hydrogen) atoms. The summed E-state index contributed by atoms with van der Waals surface area (Å²) in [5.41, 5.74) is 6.57. The van der Waals surface area contributed by atoms with Crippen molar-refractivity contribution in [3.8, 4) is 22.9 Å². The van der Waals surface area contributed by atoms with Gasteiger partial charge in [-0.3, -0.25) is 5.21 Å². The fourth-order valence-corrected chi connectivity index (χ4v) is 2.42. The highest BCUT2D eigenvalue weighted by atomic mass is 16.5. The molecule has 1 aromatic heterocycles. The van der Waals surface area contributed by atoms with E-state index < -0.39 is 6.03 Å². The molecule has 1 heterocycles. The molecule has 0 saturated carbocycles. The molecule has 8 nitrogen and oxygen atoms in total. The number of carbonyl (C=O) groups is 1. The Balaban J connectivity index is 1.78. The number of nitrogens with two attached hydrogens (primary N) is 1. The van der Waals surface area contributed by atoms with Crippen LogP contribution in [0.15, 0.2) is 61.2 Å². The highest BCUT2D eigenvalue weighted by molar-refractivity contribution is 5.70. The Hall–Kier alpha value is -3.52. The number of amides is 2. The number of ether oxygens (including phenoxy) is 2. The topological polar surface area (TPSA) is 103 Å². The van der Waals surface area contributed by atoms with E-state index in [4.69, 9.17) is 15.2 Å². The number of methoxy groups -OCH3 is 1. The Labute approximate surface area is 150 Å². The predicted octanol–water partition coefficient (Wildman–Crippen LogP) is 2.94. The number of primary amides is 1. The lowest BCUT2D eigenvalue weighted by Gasteiger charge is -2.16. The highest BCUT2D eigenvalue weighted by Gasteiger charge is 2.12.